The van der Waals surface area contributed by atoms with E-state index in [-0.39, 0.29) is 11.9 Å². The van der Waals surface area contributed by atoms with Crippen LogP contribution in [0.25, 0.3) is 0 Å². The van der Waals surface area contributed by atoms with Crippen molar-refractivity contribution in [2.75, 3.05) is 25.1 Å². The molecular formula is C14H21N3O3S. The number of piperidine rings is 1. The summed E-state index contributed by atoms with van der Waals surface area (Å²) < 4.78 is 25.0. The number of sulfonamides is 1. The number of nitrogen functional groups attached to an aromatic ring is 1. The van der Waals surface area contributed by atoms with Gasteiger partial charge in [0.1, 0.15) is 0 Å². The zero-order valence-electron chi connectivity index (χ0n) is 12.3. The van der Waals surface area contributed by atoms with Gasteiger partial charge in [0, 0.05) is 24.8 Å². The molecule has 1 aliphatic heterocycles. The first-order valence-corrected chi connectivity index (χ1v) is 8.78. The van der Waals surface area contributed by atoms with Gasteiger partial charge in [0.2, 0.25) is 10.0 Å². The molecule has 1 fully saturated rings. The zero-order chi connectivity index (χ0) is 15.6. The maximum Gasteiger partial charge on any atom is 0.255 e. The van der Waals surface area contributed by atoms with Crippen molar-refractivity contribution in [1.82, 2.24) is 9.62 Å². The number of aryl methyl sites for hydroxylation is 1. The Morgan fingerprint density at radius 3 is 2.52 bits per heavy atom. The summed E-state index contributed by atoms with van der Waals surface area (Å²) in [7, 11) is -3.20. The molecule has 7 heteroatoms. The first-order chi connectivity index (χ1) is 9.76. The molecule has 6 nitrogen and oxygen atoms in total. The number of carbonyl (C=O) groups is 1. The largest absolute Gasteiger partial charge is 0.398 e. The van der Waals surface area contributed by atoms with E-state index in [2.05, 4.69) is 4.72 Å². The lowest BCUT2D eigenvalue weighted by molar-refractivity contribution is 0.0712. The highest BCUT2D eigenvalue weighted by Crippen LogP contribution is 2.19. The predicted molar refractivity (Wildman–Crippen MR) is 82.5 cm³/mol. The van der Waals surface area contributed by atoms with Crippen LogP contribution in [0, 0.1) is 6.92 Å². The Morgan fingerprint density at radius 1 is 1.33 bits per heavy atom. The summed E-state index contributed by atoms with van der Waals surface area (Å²) in [5.74, 6) is -0.0889. The highest BCUT2D eigenvalue weighted by atomic mass is 32.2. The molecule has 0 atom stereocenters. The summed E-state index contributed by atoms with van der Waals surface area (Å²) in [5, 5.41) is 0. The van der Waals surface area contributed by atoms with Gasteiger partial charge in [-0.05, 0) is 31.9 Å². The summed E-state index contributed by atoms with van der Waals surface area (Å²) in [6.45, 7) is 2.97. The maximum atomic E-state index is 12.5. The van der Waals surface area contributed by atoms with Crippen LogP contribution in [0.5, 0.6) is 0 Å². The molecule has 2 rings (SSSR count). The van der Waals surface area contributed by atoms with E-state index in [9.17, 15) is 13.2 Å². The zero-order valence-corrected chi connectivity index (χ0v) is 13.1. The van der Waals surface area contributed by atoms with Gasteiger partial charge in [-0.2, -0.15) is 0 Å². The van der Waals surface area contributed by atoms with Crippen LogP contribution < -0.4 is 10.5 Å². The molecule has 0 unspecified atom stereocenters. The summed E-state index contributed by atoms with van der Waals surface area (Å²) in [5.41, 5.74) is 7.85. The lowest BCUT2D eigenvalue weighted by Gasteiger charge is -2.32. The first kappa shape index (κ1) is 15.8. The van der Waals surface area contributed by atoms with E-state index in [0.717, 1.165) is 11.8 Å². The minimum absolute atomic E-state index is 0.0889. The molecule has 0 bridgehead atoms. The lowest BCUT2D eigenvalue weighted by Crippen LogP contribution is -2.46. The van der Waals surface area contributed by atoms with Crippen molar-refractivity contribution in [2.24, 2.45) is 0 Å². The fraction of sp³-hybridized carbons (Fsp3) is 0.500. The number of hydrogen-bond acceptors (Lipinski definition) is 4. The standard InChI is InChI=1S/C14H21N3O3S/c1-10-3-4-13(15)12(9-10)14(18)17-7-5-11(6-8-17)16-21(2,19)20/h3-4,9,11,16H,5-8,15H2,1-2H3. The summed E-state index contributed by atoms with van der Waals surface area (Å²) in [4.78, 5) is 14.2. The topological polar surface area (TPSA) is 92.5 Å². The highest BCUT2D eigenvalue weighted by Gasteiger charge is 2.26. The Bertz CT molecular complexity index is 635. The van der Waals surface area contributed by atoms with Crippen LogP contribution in [0.1, 0.15) is 28.8 Å². The molecule has 0 aromatic heterocycles. The van der Waals surface area contributed by atoms with Gasteiger partial charge in [0.15, 0.2) is 0 Å². The van der Waals surface area contributed by atoms with E-state index in [1.54, 1.807) is 17.0 Å². The van der Waals surface area contributed by atoms with Gasteiger partial charge in [0.05, 0.1) is 11.8 Å². The molecule has 21 heavy (non-hydrogen) atoms. The van der Waals surface area contributed by atoms with E-state index >= 15 is 0 Å². The van der Waals surface area contributed by atoms with Crippen molar-refractivity contribution in [3.8, 4) is 0 Å². The number of likely N-dealkylation sites (tertiary alicyclic amines) is 1. The average Bonchev–Trinajstić information content (AvgIpc) is 2.40. The van der Waals surface area contributed by atoms with Gasteiger partial charge in [-0.1, -0.05) is 11.6 Å². The molecule has 1 aromatic carbocycles. The maximum absolute atomic E-state index is 12.5. The molecule has 0 spiro atoms. The molecule has 0 aliphatic carbocycles. The van der Waals surface area contributed by atoms with Gasteiger partial charge < -0.3 is 10.6 Å². The van der Waals surface area contributed by atoms with Crippen molar-refractivity contribution in [1.29, 1.82) is 0 Å². The summed E-state index contributed by atoms with van der Waals surface area (Å²) in [6, 6.07) is 5.30. The number of anilines is 1. The fourth-order valence-corrected chi connectivity index (χ4v) is 3.37. The van der Waals surface area contributed by atoms with Gasteiger partial charge in [-0.3, -0.25) is 4.79 Å². The van der Waals surface area contributed by atoms with Crippen LogP contribution in [0.15, 0.2) is 18.2 Å². The second kappa shape index (κ2) is 6.03. The Hall–Kier alpha value is -1.60. The van der Waals surface area contributed by atoms with E-state index < -0.39 is 10.0 Å². The van der Waals surface area contributed by atoms with Crippen LogP contribution in [-0.2, 0) is 10.0 Å². The average molecular weight is 311 g/mol. The molecule has 1 heterocycles. The number of hydrogen-bond donors (Lipinski definition) is 2. The molecule has 3 N–H and O–H groups in total. The normalized spacial score (nSPS) is 17.0. The Labute approximate surface area is 125 Å². The fourth-order valence-electron chi connectivity index (χ4n) is 2.53. The van der Waals surface area contributed by atoms with Crippen LogP contribution in [0.3, 0.4) is 0 Å². The molecule has 1 aliphatic rings. The molecule has 116 valence electrons. The number of carbonyl (C=O) groups excluding carboxylic acids is 1. The van der Waals surface area contributed by atoms with Crippen molar-refractivity contribution < 1.29 is 13.2 Å². The highest BCUT2D eigenvalue weighted by molar-refractivity contribution is 7.88. The van der Waals surface area contributed by atoms with Crippen LogP contribution in [0.4, 0.5) is 5.69 Å². The van der Waals surface area contributed by atoms with Gasteiger partial charge in [-0.15, -0.1) is 0 Å². The van der Waals surface area contributed by atoms with Gasteiger partial charge >= 0.3 is 0 Å². The van der Waals surface area contributed by atoms with Gasteiger partial charge in [-0.25, -0.2) is 13.1 Å². The molecular weight excluding hydrogens is 290 g/mol. The van der Waals surface area contributed by atoms with Crippen LogP contribution in [0.2, 0.25) is 0 Å². The predicted octanol–water partition coefficient (Wildman–Crippen LogP) is 0.731. The minimum Gasteiger partial charge on any atom is -0.398 e. The number of nitrogens with two attached hydrogens (primary N) is 1. The molecule has 1 saturated heterocycles. The van der Waals surface area contributed by atoms with Crippen molar-refractivity contribution >= 4 is 21.6 Å². The van der Waals surface area contributed by atoms with E-state index in [1.165, 1.54) is 0 Å². The van der Waals surface area contributed by atoms with E-state index in [0.29, 0.717) is 37.2 Å². The molecule has 1 amide bonds. The third kappa shape index (κ3) is 4.18. The quantitative estimate of drug-likeness (QED) is 0.805. The Morgan fingerprint density at radius 2 is 1.95 bits per heavy atom. The second-order valence-electron chi connectivity index (χ2n) is 5.55. The number of benzene rings is 1. The van der Waals surface area contributed by atoms with Crippen molar-refractivity contribution in [2.45, 2.75) is 25.8 Å². The molecule has 1 aromatic rings. The van der Waals surface area contributed by atoms with E-state index in [4.69, 9.17) is 5.73 Å². The number of rotatable bonds is 3. The summed E-state index contributed by atoms with van der Waals surface area (Å²) >= 11 is 0. The first-order valence-electron chi connectivity index (χ1n) is 6.89. The molecule has 0 saturated carbocycles. The smallest absolute Gasteiger partial charge is 0.255 e. The number of amides is 1. The number of nitrogens with one attached hydrogen (secondary N) is 1. The van der Waals surface area contributed by atoms with Gasteiger partial charge in [0.25, 0.3) is 5.91 Å². The SMILES string of the molecule is Cc1ccc(N)c(C(=O)N2CCC(NS(C)(=O)=O)CC2)c1. The third-order valence-electron chi connectivity index (χ3n) is 3.60. The van der Waals surface area contributed by atoms with Crippen molar-refractivity contribution in [3.63, 3.8) is 0 Å². The summed E-state index contributed by atoms with van der Waals surface area (Å²) in [6.07, 6.45) is 2.38. The number of nitrogens with zero attached hydrogens (tertiary/aromatic N) is 1. The van der Waals surface area contributed by atoms with Crippen LogP contribution in [-0.4, -0.2) is 44.6 Å². The van der Waals surface area contributed by atoms with E-state index in [1.807, 2.05) is 13.0 Å². The van der Waals surface area contributed by atoms with Crippen molar-refractivity contribution in [3.05, 3.63) is 29.3 Å². The second-order valence-corrected chi connectivity index (χ2v) is 7.33. The monoisotopic (exact) mass is 311 g/mol. The third-order valence-corrected chi connectivity index (χ3v) is 4.36. The Balaban J connectivity index is 2.02. The van der Waals surface area contributed by atoms with Crippen LogP contribution >= 0.6 is 0 Å². The minimum atomic E-state index is -3.20. The Kier molecular flexibility index (Phi) is 4.53. The lowest BCUT2D eigenvalue weighted by atomic mass is 10.0. The molecule has 0 radical (unpaired) electrons.